The number of hydrazone groups is 1. The highest BCUT2D eigenvalue weighted by atomic mass is 16.5. The monoisotopic (exact) mass is 396 g/mol. The molecule has 3 N–H and O–H groups in total. The first kappa shape index (κ1) is 21.6. The van der Waals surface area contributed by atoms with Crippen LogP contribution in [0.15, 0.2) is 59.7 Å². The molecule has 0 unspecified atom stereocenters. The number of ether oxygens (including phenoxy) is 1. The Morgan fingerprint density at radius 2 is 1.79 bits per heavy atom. The Balaban J connectivity index is 1.81. The molecule has 0 aliphatic rings. The van der Waals surface area contributed by atoms with E-state index in [0.29, 0.717) is 23.5 Å². The highest BCUT2D eigenvalue weighted by Gasteiger charge is 2.12. The summed E-state index contributed by atoms with van der Waals surface area (Å²) >= 11 is 0. The molecular weight excluding hydrogens is 372 g/mol. The molecule has 8 nitrogen and oxygen atoms in total. The van der Waals surface area contributed by atoms with Crippen LogP contribution in [-0.2, 0) is 14.4 Å². The van der Waals surface area contributed by atoms with Crippen molar-refractivity contribution in [2.45, 2.75) is 13.8 Å². The minimum Gasteiger partial charge on any atom is -0.484 e. The molecule has 29 heavy (non-hydrogen) atoms. The molecule has 0 spiro atoms. The summed E-state index contributed by atoms with van der Waals surface area (Å²) < 4.78 is 5.48. The molecule has 2 rings (SSSR count). The van der Waals surface area contributed by atoms with E-state index < -0.39 is 11.8 Å². The second-order valence-corrected chi connectivity index (χ2v) is 6.58. The number of para-hydroxylation sites is 1. The van der Waals surface area contributed by atoms with Crippen LogP contribution in [0, 0.1) is 5.92 Å². The highest BCUT2D eigenvalue weighted by molar-refractivity contribution is 6.35. The maximum absolute atomic E-state index is 11.9. The molecule has 0 aliphatic carbocycles. The van der Waals surface area contributed by atoms with Crippen LogP contribution in [0.2, 0.25) is 0 Å². The minimum atomic E-state index is -0.841. The van der Waals surface area contributed by atoms with E-state index in [4.69, 9.17) is 4.74 Å². The second kappa shape index (κ2) is 11.2. The van der Waals surface area contributed by atoms with Gasteiger partial charge in [0.2, 0.25) is 0 Å². The largest absolute Gasteiger partial charge is 0.484 e. The Morgan fingerprint density at radius 1 is 1.03 bits per heavy atom. The van der Waals surface area contributed by atoms with Gasteiger partial charge in [-0.3, -0.25) is 14.4 Å². The molecule has 2 aromatic rings. The van der Waals surface area contributed by atoms with Gasteiger partial charge in [0.25, 0.3) is 5.91 Å². The van der Waals surface area contributed by atoms with Crippen LogP contribution in [0.25, 0.3) is 0 Å². The molecule has 0 atom stereocenters. The van der Waals surface area contributed by atoms with Crippen molar-refractivity contribution in [1.82, 2.24) is 10.7 Å². The van der Waals surface area contributed by atoms with Gasteiger partial charge in [-0.05, 0) is 35.7 Å². The highest BCUT2D eigenvalue weighted by Crippen LogP contribution is 2.12. The number of nitrogens with zero attached hydrogens (tertiary/aromatic N) is 1. The van der Waals surface area contributed by atoms with Crippen molar-refractivity contribution >= 4 is 29.6 Å². The molecule has 0 heterocycles. The Bertz CT molecular complexity index is 866. The summed E-state index contributed by atoms with van der Waals surface area (Å²) in [5.41, 5.74) is 3.49. The third-order valence-corrected chi connectivity index (χ3v) is 3.54. The number of carbonyl (C=O) groups excluding carboxylic acids is 3. The summed E-state index contributed by atoms with van der Waals surface area (Å²) in [5.74, 6) is -1.15. The van der Waals surface area contributed by atoms with Crippen molar-refractivity contribution in [2.24, 2.45) is 11.0 Å². The van der Waals surface area contributed by atoms with Gasteiger partial charge in [-0.25, -0.2) is 5.43 Å². The van der Waals surface area contributed by atoms with Crippen molar-refractivity contribution in [3.63, 3.8) is 0 Å². The minimum absolute atomic E-state index is 0.151. The number of nitrogens with one attached hydrogen (secondary N) is 3. The standard InChI is InChI=1S/C21H24N4O4/c1-15(2)12-22-20(27)21(28)25-23-13-16-7-6-10-18(11-16)29-14-19(26)24-17-8-4-3-5-9-17/h3-11,13,15H,12,14H2,1-2H3,(H,22,27)(H,24,26)(H,25,28)/b23-13-. The van der Waals surface area contributed by atoms with Crippen molar-refractivity contribution in [3.8, 4) is 5.75 Å². The van der Waals surface area contributed by atoms with Crippen LogP contribution in [0.1, 0.15) is 19.4 Å². The zero-order valence-corrected chi connectivity index (χ0v) is 16.3. The molecular formula is C21H24N4O4. The van der Waals surface area contributed by atoms with Gasteiger partial charge in [0.15, 0.2) is 6.61 Å². The average molecular weight is 396 g/mol. The van der Waals surface area contributed by atoms with Crippen molar-refractivity contribution in [3.05, 3.63) is 60.2 Å². The quantitative estimate of drug-likeness (QED) is 0.360. The summed E-state index contributed by atoms with van der Waals surface area (Å²) in [5, 5.41) is 8.99. The van der Waals surface area contributed by atoms with Crippen molar-refractivity contribution in [2.75, 3.05) is 18.5 Å². The van der Waals surface area contributed by atoms with E-state index >= 15 is 0 Å². The smallest absolute Gasteiger partial charge is 0.329 e. The number of benzene rings is 2. The number of carbonyl (C=O) groups is 3. The molecule has 0 aromatic heterocycles. The van der Waals surface area contributed by atoms with Crippen LogP contribution >= 0.6 is 0 Å². The first-order chi connectivity index (χ1) is 13.9. The normalized spacial score (nSPS) is 10.6. The van der Waals surface area contributed by atoms with Crippen LogP contribution in [0.3, 0.4) is 0 Å². The molecule has 0 saturated carbocycles. The molecule has 2 aromatic carbocycles. The van der Waals surface area contributed by atoms with E-state index in [-0.39, 0.29) is 18.4 Å². The van der Waals surface area contributed by atoms with E-state index in [1.807, 2.05) is 32.0 Å². The van der Waals surface area contributed by atoms with Gasteiger partial charge >= 0.3 is 11.8 Å². The Hall–Kier alpha value is -3.68. The van der Waals surface area contributed by atoms with E-state index in [2.05, 4.69) is 21.2 Å². The Morgan fingerprint density at radius 3 is 2.52 bits per heavy atom. The van der Waals surface area contributed by atoms with Gasteiger partial charge in [0, 0.05) is 12.2 Å². The van der Waals surface area contributed by atoms with E-state index in [0.717, 1.165) is 0 Å². The number of hydrogen-bond acceptors (Lipinski definition) is 5. The summed E-state index contributed by atoms with van der Waals surface area (Å²) in [6.45, 7) is 4.11. The Kier molecular flexibility index (Phi) is 8.37. The maximum Gasteiger partial charge on any atom is 0.329 e. The lowest BCUT2D eigenvalue weighted by molar-refractivity contribution is -0.139. The van der Waals surface area contributed by atoms with Gasteiger partial charge < -0.3 is 15.4 Å². The van der Waals surface area contributed by atoms with E-state index in [9.17, 15) is 14.4 Å². The maximum atomic E-state index is 11.9. The number of hydrogen-bond donors (Lipinski definition) is 3. The van der Waals surface area contributed by atoms with Gasteiger partial charge in [0.1, 0.15) is 5.75 Å². The van der Waals surface area contributed by atoms with Gasteiger partial charge in [0.05, 0.1) is 6.21 Å². The summed E-state index contributed by atoms with van der Waals surface area (Å²) in [6, 6.07) is 15.9. The molecule has 0 radical (unpaired) electrons. The predicted octanol–water partition coefficient (Wildman–Crippen LogP) is 1.93. The number of amides is 3. The topological polar surface area (TPSA) is 109 Å². The molecule has 0 bridgehead atoms. The molecule has 3 amide bonds. The fourth-order valence-corrected chi connectivity index (χ4v) is 2.15. The second-order valence-electron chi connectivity index (χ2n) is 6.58. The summed E-state index contributed by atoms with van der Waals surface area (Å²) in [7, 11) is 0. The van der Waals surface area contributed by atoms with Gasteiger partial charge in [-0.1, -0.05) is 44.2 Å². The fourth-order valence-electron chi connectivity index (χ4n) is 2.15. The van der Waals surface area contributed by atoms with Gasteiger partial charge in [-0.2, -0.15) is 5.10 Å². The van der Waals surface area contributed by atoms with Crippen molar-refractivity contribution in [1.29, 1.82) is 0 Å². The third-order valence-electron chi connectivity index (χ3n) is 3.54. The lowest BCUT2D eigenvalue weighted by Crippen LogP contribution is -2.39. The number of anilines is 1. The SMILES string of the molecule is CC(C)CNC(=O)C(=O)N/N=C\c1cccc(OCC(=O)Nc2ccccc2)c1. The first-order valence-electron chi connectivity index (χ1n) is 9.13. The predicted molar refractivity (Wildman–Crippen MR) is 111 cm³/mol. The molecule has 0 fully saturated rings. The van der Waals surface area contributed by atoms with Crippen LogP contribution in [0.5, 0.6) is 5.75 Å². The average Bonchev–Trinajstić information content (AvgIpc) is 2.71. The zero-order valence-electron chi connectivity index (χ0n) is 16.3. The zero-order chi connectivity index (χ0) is 21.1. The molecule has 0 saturated heterocycles. The van der Waals surface area contributed by atoms with Crippen LogP contribution in [-0.4, -0.2) is 37.1 Å². The third kappa shape index (κ3) is 8.25. The summed E-state index contributed by atoms with van der Waals surface area (Å²) in [6.07, 6.45) is 1.38. The van der Waals surface area contributed by atoms with Crippen LogP contribution < -0.4 is 20.8 Å². The Labute approximate surface area is 169 Å². The summed E-state index contributed by atoms with van der Waals surface area (Å²) in [4.78, 5) is 35.1. The number of rotatable bonds is 8. The van der Waals surface area contributed by atoms with E-state index in [1.165, 1.54) is 6.21 Å². The fraction of sp³-hybridized carbons (Fsp3) is 0.238. The first-order valence-corrected chi connectivity index (χ1v) is 9.13. The van der Waals surface area contributed by atoms with Gasteiger partial charge in [-0.15, -0.1) is 0 Å². The molecule has 152 valence electrons. The molecule has 0 aliphatic heterocycles. The van der Waals surface area contributed by atoms with E-state index in [1.54, 1.807) is 36.4 Å². The van der Waals surface area contributed by atoms with Crippen molar-refractivity contribution < 1.29 is 19.1 Å². The van der Waals surface area contributed by atoms with Crippen LogP contribution in [0.4, 0.5) is 5.69 Å². The lowest BCUT2D eigenvalue weighted by atomic mass is 10.2. The molecule has 8 heteroatoms. The lowest BCUT2D eigenvalue weighted by Gasteiger charge is -2.08.